The van der Waals surface area contributed by atoms with Crippen LogP contribution in [0.3, 0.4) is 0 Å². The van der Waals surface area contributed by atoms with Crippen molar-refractivity contribution in [2.45, 2.75) is 102 Å². The lowest BCUT2D eigenvalue weighted by Crippen LogP contribution is -2.10. The van der Waals surface area contributed by atoms with Crippen molar-refractivity contribution < 1.29 is 9.90 Å². The van der Waals surface area contributed by atoms with Crippen molar-refractivity contribution in [3.05, 3.63) is 71.8 Å². The predicted molar refractivity (Wildman–Crippen MR) is 149 cm³/mol. The first kappa shape index (κ1) is 28.5. The third-order valence-electron chi connectivity index (χ3n) is 7.30. The van der Waals surface area contributed by atoms with Gasteiger partial charge < -0.3 is 5.11 Å². The predicted octanol–water partition coefficient (Wildman–Crippen LogP) is 9.32. The Morgan fingerprint density at radius 1 is 0.824 bits per heavy atom. The Labute approximate surface area is 213 Å². The highest BCUT2D eigenvalue weighted by Gasteiger charge is 2.17. The zero-order valence-corrected chi connectivity index (χ0v) is 22.4. The highest BCUT2D eigenvalue weighted by Crippen LogP contribution is 2.33. The summed E-state index contributed by atoms with van der Waals surface area (Å²) < 4.78 is 0. The number of carboxylic acids is 1. The van der Waals surface area contributed by atoms with Crippen LogP contribution in [0.1, 0.15) is 108 Å². The van der Waals surface area contributed by atoms with E-state index in [2.05, 4.69) is 81.4 Å². The maximum atomic E-state index is 11.0. The van der Waals surface area contributed by atoms with E-state index in [1.54, 1.807) is 0 Å². The van der Waals surface area contributed by atoms with Crippen LogP contribution in [0.25, 0.3) is 0 Å². The molecular formula is C31H46O2S. The molecule has 4 atom stereocenters. The molecule has 0 amide bonds. The summed E-state index contributed by atoms with van der Waals surface area (Å²) in [5.74, 6) is 2.07. The van der Waals surface area contributed by atoms with Crippen LogP contribution >= 0.6 is 11.8 Å². The van der Waals surface area contributed by atoms with Crippen LogP contribution in [0.2, 0.25) is 0 Å². The van der Waals surface area contributed by atoms with Gasteiger partial charge in [0.15, 0.2) is 0 Å². The van der Waals surface area contributed by atoms with E-state index in [0.29, 0.717) is 17.1 Å². The van der Waals surface area contributed by atoms with Crippen LogP contribution < -0.4 is 0 Å². The lowest BCUT2D eigenvalue weighted by Gasteiger charge is -2.23. The first-order valence-electron chi connectivity index (χ1n) is 13.5. The third kappa shape index (κ3) is 11.1. The maximum absolute atomic E-state index is 11.0. The molecule has 0 saturated heterocycles. The van der Waals surface area contributed by atoms with Crippen molar-refractivity contribution in [2.75, 3.05) is 5.75 Å². The van der Waals surface area contributed by atoms with E-state index in [0.717, 1.165) is 11.7 Å². The second-order valence-electron chi connectivity index (χ2n) is 9.84. The van der Waals surface area contributed by atoms with Crippen LogP contribution in [0.4, 0.5) is 0 Å². The molecule has 0 radical (unpaired) electrons. The van der Waals surface area contributed by atoms with Crippen molar-refractivity contribution in [2.24, 2.45) is 5.92 Å². The highest BCUT2D eigenvalue weighted by atomic mass is 32.2. The van der Waals surface area contributed by atoms with Gasteiger partial charge in [-0.25, -0.2) is 0 Å². The first-order valence-corrected chi connectivity index (χ1v) is 14.5. The number of benzene rings is 2. The van der Waals surface area contributed by atoms with E-state index in [4.69, 9.17) is 5.11 Å². The summed E-state index contributed by atoms with van der Waals surface area (Å²) in [6.45, 7) is 6.98. The Hall–Kier alpha value is -1.74. The van der Waals surface area contributed by atoms with Crippen LogP contribution in [0, 0.1) is 5.92 Å². The molecule has 2 rings (SSSR count). The van der Waals surface area contributed by atoms with Crippen molar-refractivity contribution >= 4 is 17.7 Å². The minimum atomic E-state index is -0.679. The molecule has 0 bridgehead atoms. The van der Waals surface area contributed by atoms with Gasteiger partial charge in [-0.15, -0.1) is 0 Å². The largest absolute Gasteiger partial charge is 0.481 e. The Morgan fingerprint density at radius 2 is 1.41 bits per heavy atom. The molecule has 2 aromatic rings. The van der Waals surface area contributed by atoms with Gasteiger partial charge in [-0.1, -0.05) is 107 Å². The fourth-order valence-electron chi connectivity index (χ4n) is 5.01. The topological polar surface area (TPSA) is 37.3 Å². The zero-order chi connectivity index (χ0) is 24.6. The van der Waals surface area contributed by atoms with Crippen LogP contribution in [-0.4, -0.2) is 22.1 Å². The molecule has 34 heavy (non-hydrogen) atoms. The van der Waals surface area contributed by atoms with Gasteiger partial charge in [0.05, 0.1) is 6.42 Å². The van der Waals surface area contributed by atoms with Crippen molar-refractivity contribution in [1.82, 2.24) is 0 Å². The Balaban J connectivity index is 1.81. The van der Waals surface area contributed by atoms with Gasteiger partial charge in [-0.3, -0.25) is 4.79 Å². The minimum Gasteiger partial charge on any atom is -0.481 e. The van der Waals surface area contributed by atoms with Crippen LogP contribution in [0.5, 0.6) is 0 Å². The first-order chi connectivity index (χ1) is 16.5. The number of hydrogen-bond acceptors (Lipinski definition) is 2. The molecule has 3 heteroatoms. The quantitative estimate of drug-likeness (QED) is 0.230. The van der Waals surface area contributed by atoms with E-state index >= 15 is 0 Å². The monoisotopic (exact) mass is 482 g/mol. The molecule has 0 aliphatic carbocycles. The maximum Gasteiger partial charge on any atom is 0.304 e. The fraction of sp³-hybridized carbons (Fsp3) is 0.581. The van der Waals surface area contributed by atoms with E-state index in [1.807, 2.05) is 11.8 Å². The van der Waals surface area contributed by atoms with Gasteiger partial charge in [-0.2, -0.15) is 11.8 Å². The molecule has 0 aliphatic rings. The summed E-state index contributed by atoms with van der Waals surface area (Å²) in [5.41, 5.74) is 2.91. The summed E-state index contributed by atoms with van der Waals surface area (Å²) in [5, 5.41) is 9.65. The molecule has 0 spiro atoms. The SMILES string of the molecule is CCC(CCCC(CCCC(C)c1ccccc1)SCCC(=O)O)CC(CC)c1ccccc1. The van der Waals surface area contributed by atoms with Gasteiger partial charge in [-0.05, 0) is 61.0 Å². The molecule has 0 aliphatic heterocycles. The van der Waals surface area contributed by atoms with Crippen molar-refractivity contribution in [3.8, 4) is 0 Å². The van der Waals surface area contributed by atoms with Gasteiger partial charge in [0.2, 0.25) is 0 Å². The summed E-state index contributed by atoms with van der Waals surface area (Å²) in [4.78, 5) is 11.0. The van der Waals surface area contributed by atoms with Gasteiger partial charge in [0.25, 0.3) is 0 Å². The standard InChI is InChI=1S/C31H46O2S/c1-4-26(24-27(5-2)29-18-10-7-11-19-29)15-13-21-30(34-23-22-31(32)33)20-12-14-25(3)28-16-8-6-9-17-28/h6-11,16-19,25-27,30H,4-5,12-15,20-24H2,1-3H3,(H,32,33). The number of aliphatic carboxylic acids is 1. The number of carbonyl (C=O) groups is 1. The Morgan fingerprint density at radius 3 is 1.97 bits per heavy atom. The van der Waals surface area contributed by atoms with Crippen LogP contribution in [-0.2, 0) is 4.79 Å². The second kappa shape index (κ2) is 16.8. The average molecular weight is 483 g/mol. The number of thioether (sulfide) groups is 1. The smallest absolute Gasteiger partial charge is 0.304 e. The highest BCUT2D eigenvalue weighted by molar-refractivity contribution is 7.99. The van der Waals surface area contributed by atoms with E-state index in [-0.39, 0.29) is 6.42 Å². The van der Waals surface area contributed by atoms with Crippen LogP contribution in [0.15, 0.2) is 60.7 Å². The fourth-order valence-corrected chi connectivity index (χ4v) is 6.31. The molecule has 4 unspecified atom stereocenters. The molecule has 0 fully saturated rings. The summed E-state index contributed by atoms with van der Waals surface area (Å²) in [6, 6.07) is 21.8. The summed E-state index contributed by atoms with van der Waals surface area (Å²) >= 11 is 1.89. The average Bonchev–Trinajstić information content (AvgIpc) is 2.86. The minimum absolute atomic E-state index is 0.272. The Kier molecular flexibility index (Phi) is 14.1. The number of rotatable bonds is 18. The molecule has 1 N–H and O–H groups in total. The molecule has 188 valence electrons. The van der Waals surface area contributed by atoms with Gasteiger partial charge in [0.1, 0.15) is 0 Å². The van der Waals surface area contributed by atoms with Crippen molar-refractivity contribution in [1.29, 1.82) is 0 Å². The molecular weight excluding hydrogens is 436 g/mol. The van der Waals surface area contributed by atoms with Gasteiger partial charge >= 0.3 is 5.97 Å². The summed E-state index contributed by atoms with van der Waals surface area (Å²) in [6.07, 6.45) is 11.4. The second-order valence-corrected chi connectivity index (χ2v) is 11.2. The number of hydrogen-bond donors (Lipinski definition) is 1. The van der Waals surface area contributed by atoms with E-state index in [9.17, 15) is 4.79 Å². The molecule has 0 saturated carbocycles. The number of carboxylic acid groups (broad SMARTS) is 1. The normalized spacial score (nSPS) is 14.9. The zero-order valence-electron chi connectivity index (χ0n) is 21.6. The van der Waals surface area contributed by atoms with Crippen molar-refractivity contribution in [3.63, 3.8) is 0 Å². The Bertz CT molecular complexity index is 777. The van der Waals surface area contributed by atoms with E-state index in [1.165, 1.54) is 68.9 Å². The third-order valence-corrected chi connectivity index (χ3v) is 8.68. The lowest BCUT2D eigenvalue weighted by atomic mass is 9.83. The molecule has 2 aromatic carbocycles. The summed E-state index contributed by atoms with van der Waals surface area (Å²) in [7, 11) is 0. The lowest BCUT2D eigenvalue weighted by molar-refractivity contribution is -0.136. The van der Waals surface area contributed by atoms with E-state index < -0.39 is 5.97 Å². The molecule has 0 heterocycles. The molecule has 2 nitrogen and oxygen atoms in total. The molecule has 0 aromatic heterocycles. The van der Waals surface area contributed by atoms with Gasteiger partial charge in [0, 0.05) is 11.0 Å².